The highest BCUT2D eigenvalue weighted by molar-refractivity contribution is 5.91. The minimum Gasteiger partial charge on any atom is -0.328 e. The monoisotopic (exact) mass is 401 g/mol. The third-order valence-corrected chi connectivity index (χ3v) is 4.99. The van der Waals surface area contributed by atoms with Crippen molar-refractivity contribution in [1.82, 2.24) is 15.8 Å². The lowest BCUT2D eigenvalue weighted by Gasteiger charge is -2.19. The van der Waals surface area contributed by atoms with Gasteiger partial charge in [0.25, 0.3) is 5.69 Å². The zero-order valence-electron chi connectivity index (χ0n) is 16.1. The summed E-state index contributed by atoms with van der Waals surface area (Å²) in [5.41, 5.74) is 7.54. The number of hydrogen-bond donors (Lipinski definition) is 3. The van der Waals surface area contributed by atoms with Gasteiger partial charge >= 0.3 is 6.03 Å². The van der Waals surface area contributed by atoms with E-state index in [0.717, 1.165) is 24.8 Å². The van der Waals surface area contributed by atoms with Crippen LogP contribution in [0.4, 0.5) is 20.6 Å². The molecule has 1 saturated heterocycles. The number of rotatable bonds is 7. The quantitative estimate of drug-likeness (QED) is 0.486. The van der Waals surface area contributed by atoms with Gasteiger partial charge in [0.15, 0.2) is 0 Å². The first-order valence-electron chi connectivity index (χ1n) is 9.46. The number of hydrogen-bond acceptors (Lipinski definition) is 5. The number of nitro benzene ring substituents is 1. The Morgan fingerprint density at radius 1 is 1.24 bits per heavy atom. The number of para-hydroxylation sites is 2. The Morgan fingerprint density at radius 2 is 1.97 bits per heavy atom. The number of nitrogens with zero attached hydrogens (tertiary/aromatic N) is 2. The van der Waals surface area contributed by atoms with E-state index in [1.807, 2.05) is 0 Å². The fourth-order valence-electron chi connectivity index (χ4n) is 3.35. The van der Waals surface area contributed by atoms with E-state index in [1.165, 1.54) is 29.2 Å². The predicted octanol–water partition coefficient (Wildman–Crippen LogP) is 3.59. The largest absolute Gasteiger partial charge is 0.328 e. The average molecular weight is 401 g/mol. The van der Waals surface area contributed by atoms with Gasteiger partial charge in [-0.2, -0.15) is 0 Å². The molecule has 0 spiro atoms. The maximum absolute atomic E-state index is 13.1. The van der Waals surface area contributed by atoms with Crippen molar-refractivity contribution in [2.75, 3.05) is 18.9 Å². The van der Waals surface area contributed by atoms with E-state index in [9.17, 15) is 19.3 Å². The molecule has 154 valence electrons. The molecule has 2 aromatic carbocycles. The van der Waals surface area contributed by atoms with Crippen molar-refractivity contribution in [2.24, 2.45) is 0 Å². The number of carbonyl (C=O) groups excluding carboxylic acids is 1. The summed E-state index contributed by atoms with van der Waals surface area (Å²) in [5.74, 6) is -0.251. The van der Waals surface area contributed by atoms with Crippen LogP contribution in [0.1, 0.15) is 30.9 Å². The smallest absolute Gasteiger partial charge is 0.321 e. The molecule has 1 aliphatic rings. The van der Waals surface area contributed by atoms with Crippen LogP contribution in [0.25, 0.3) is 0 Å². The number of amides is 2. The molecule has 3 N–H and O–H groups in total. The average Bonchev–Trinajstić information content (AvgIpc) is 3.17. The lowest BCUT2D eigenvalue weighted by molar-refractivity contribution is -0.383. The van der Waals surface area contributed by atoms with E-state index in [2.05, 4.69) is 16.2 Å². The predicted molar refractivity (Wildman–Crippen MR) is 108 cm³/mol. The Kier molecular flexibility index (Phi) is 6.73. The standard InChI is InChI=1S/C20H24FN5O3/c1-25(20(27)22-17-6-2-3-7-19(17)26(28)29)12-4-5-16-13-18(24-23-16)14-8-10-15(21)11-9-14/h2-3,6-11,16,18,23-24H,4-5,12-13H2,1H3,(H,22,27). The highest BCUT2D eigenvalue weighted by Gasteiger charge is 2.25. The Morgan fingerprint density at radius 3 is 2.69 bits per heavy atom. The van der Waals surface area contributed by atoms with Gasteiger partial charge in [-0.3, -0.25) is 21.0 Å². The van der Waals surface area contributed by atoms with Crippen molar-refractivity contribution in [1.29, 1.82) is 0 Å². The fourth-order valence-corrected chi connectivity index (χ4v) is 3.35. The molecule has 0 saturated carbocycles. The third kappa shape index (κ3) is 5.49. The molecule has 2 unspecified atom stereocenters. The molecular formula is C20H24FN5O3. The highest BCUT2D eigenvalue weighted by atomic mass is 19.1. The van der Waals surface area contributed by atoms with Gasteiger partial charge in [-0.25, -0.2) is 9.18 Å². The molecular weight excluding hydrogens is 377 g/mol. The van der Waals surface area contributed by atoms with Crippen LogP contribution < -0.4 is 16.2 Å². The van der Waals surface area contributed by atoms with Gasteiger partial charge in [-0.15, -0.1) is 0 Å². The molecule has 2 atom stereocenters. The SMILES string of the molecule is CN(CCCC1CC(c2ccc(F)cc2)NN1)C(=O)Nc1ccccc1[N+](=O)[O-]. The Hall–Kier alpha value is -3.04. The maximum Gasteiger partial charge on any atom is 0.321 e. The van der Waals surface area contributed by atoms with Gasteiger partial charge in [0.2, 0.25) is 0 Å². The summed E-state index contributed by atoms with van der Waals surface area (Å²) >= 11 is 0. The highest BCUT2D eigenvalue weighted by Crippen LogP contribution is 2.25. The Balaban J connectivity index is 1.43. The molecule has 8 nitrogen and oxygen atoms in total. The van der Waals surface area contributed by atoms with Crippen molar-refractivity contribution in [3.05, 3.63) is 70.0 Å². The minimum absolute atomic E-state index is 0.125. The fraction of sp³-hybridized carbons (Fsp3) is 0.350. The number of anilines is 1. The van der Waals surface area contributed by atoms with Crippen LogP contribution in [-0.4, -0.2) is 35.5 Å². The van der Waals surface area contributed by atoms with Gasteiger partial charge < -0.3 is 10.2 Å². The summed E-state index contributed by atoms with van der Waals surface area (Å²) in [6, 6.07) is 12.5. The Bertz CT molecular complexity index is 861. The molecule has 2 amide bonds. The number of carbonyl (C=O) groups is 1. The van der Waals surface area contributed by atoms with Crippen molar-refractivity contribution in [3.63, 3.8) is 0 Å². The van der Waals surface area contributed by atoms with Crippen LogP contribution in [0.3, 0.4) is 0 Å². The molecule has 0 radical (unpaired) electrons. The van der Waals surface area contributed by atoms with Crippen LogP contribution in [0.2, 0.25) is 0 Å². The van der Waals surface area contributed by atoms with E-state index < -0.39 is 4.92 Å². The van der Waals surface area contributed by atoms with Gasteiger partial charge in [0.1, 0.15) is 11.5 Å². The first-order chi connectivity index (χ1) is 13.9. The van der Waals surface area contributed by atoms with E-state index in [0.29, 0.717) is 6.54 Å². The number of nitrogens with one attached hydrogen (secondary N) is 3. The second-order valence-corrected chi connectivity index (χ2v) is 7.09. The van der Waals surface area contributed by atoms with Gasteiger partial charge in [-0.1, -0.05) is 24.3 Å². The summed E-state index contributed by atoms with van der Waals surface area (Å²) < 4.78 is 13.1. The molecule has 2 aromatic rings. The summed E-state index contributed by atoms with van der Waals surface area (Å²) in [5, 5.41) is 13.6. The van der Waals surface area contributed by atoms with Crippen molar-refractivity contribution < 1.29 is 14.1 Å². The zero-order chi connectivity index (χ0) is 20.8. The second kappa shape index (κ2) is 9.44. The van der Waals surface area contributed by atoms with Crippen LogP contribution in [0, 0.1) is 15.9 Å². The van der Waals surface area contributed by atoms with E-state index in [1.54, 1.807) is 31.3 Å². The van der Waals surface area contributed by atoms with E-state index in [4.69, 9.17) is 0 Å². The zero-order valence-corrected chi connectivity index (χ0v) is 16.1. The summed E-state index contributed by atoms with van der Waals surface area (Å²) in [7, 11) is 1.66. The van der Waals surface area contributed by atoms with Crippen LogP contribution >= 0.6 is 0 Å². The normalized spacial score (nSPS) is 18.4. The van der Waals surface area contributed by atoms with Crippen LogP contribution in [0.15, 0.2) is 48.5 Å². The third-order valence-electron chi connectivity index (χ3n) is 4.99. The van der Waals surface area contributed by atoms with Crippen molar-refractivity contribution >= 4 is 17.4 Å². The molecule has 0 bridgehead atoms. The van der Waals surface area contributed by atoms with Crippen molar-refractivity contribution in [3.8, 4) is 0 Å². The van der Waals surface area contributed by atoms with Crippen molar-refractivity contribution in [2.45, 2.75) is 31.3 Å². The van der Waals surface area contributed by atoms with Crippen LogP contribution in [0.5, 0.6) is 0 Å². The molecule has 0 aromatic heterocycles. The first-order valence-corrected chi connectivity index (χ1v) is 9.46. The van der Waals surface area contributed by atoms with Gasteiger partial charge in [-0.05, 0) is 43.0 Å². The van der Waals surface area contributed by atoms with Gasteiger partial charge in [0, 0.05) is 31.7 Å². The van der Waals surface area contributed by atoms with E-state index >= 15 is 0 Å². The summed E-state index contributed by atoms with van der Waals surface area (Å²) in [6.07, 6.45) is 2.50. The number of halogens is 1. The molecule has 3 rings (SSSR count). The molecule has 29 heavy (non-hydrogen) atoms. The molecule has 1 heterocycles. The molecule has 1 aliphatic heterocycles. The number of hydrazine groups is 1. The maximum atomic E-state index is 13.1. The summed E-state index contributed by atoms with van der Waals surface area (Å²) in [6.45, 7) is 0.520. The molecule has 1 fully saturated rings. The Labute approximate surface area is 168 Å². The second-order valence-electron chi connectivity index (χ2n) is 7.09. The minimum atomic E-state index is -0.522. The number of benzene rings is 2. The molecule has 0 aliphatic carbocycles. The first kappa shape index (κ1) is 20.7. The van der Waals surface area contributed by atoms with E-state index in [-0.39, 0.29) is 35.3 Å². The topological polar surface area (TPSA) is 99.5 Å². The van der Waals surface area contributed by atoms with Crippen LogP contribution in [-0.2, 0) is 0 Å². The lowest BCUT2D eigenvalue weighted by atomic mass is 10.00. The lowest BCUT2D eigenvalue weighted by Crippen LogP contribution is -2.34. The number of urea groups is 1. The van der Waals surface area contributed by atoms with Gasteiger partial charge in [0.05, 0.1) is 4.92 Å². The summed E-state index contributed by atoms with van der Waals surface area (Å²) in [4.78, 5) is 24.3. The number of nitro groups is 1. The molecule has 9 heteroatoms.